The van der Waals surface area contributed by atoms with Crippen LogP contribution in [0.1, 0.15) is 24.2 Å². The quantitative estimate of drug-likeness (QED) is 0.795. The van der Waals surface area contributed by atoms with Gasteiger partial charge in [0, 0.05) is 30.1 Å². The molecule has 1 saturated heterocycles. The van der Waals surface area contributed by atoms with Crippen molar-refractivity contribution in [2.45, 2.75) is 25.4 Å². The molecule has 1 aromatic heterocycles. The first-order valence-corrected chi connectivity index (χ1v) is 7.23. The van der Waals surface area contributed by atoms with E-state index in [1.54, 1.807) is 11.9 Å². The van der Waals surface area contributed by atoms with E-state index in [9.17, 15) is 9.59 Å². The molecule has 0 aliphatic carbocycles. The average Bonchev–Trinajstić information content (AvgIpc) is 2.84. The summed E-state index contributed by atoms with van der Waals surface area (Å²) in [7, 11) is 1.70. The van der Waals surface area contributed by atoms with Crippen molar-refractivity contribution < 1.29 is 9.59 Å². The maximum Gasteiger partial charge on any atom is 0.245 e. The Kier molecular flexibility index (Phi) is 2.43. The lowest BCUT2D eigenvalue weighted by Gasteiger charge is -2.45. The van der Waals surface area contributed by atoms with Crippen molar-refractivity contribution in [1.29, 1.82) is 0 Å². The van der Waals surface area contributed by atoms with Crippen LogP contribution in [-0.4, -0.2) is 46.2 Å². The first-order valence-electron chi connectivity index (χ1n) is 7.23. The highest BCUT2D eigenvalue weighted by molar-refractivity contribution is 5.97. The zero-order valence-electron chi connectivity index (χ0n) is 12.1. The molecular weight excluding hydrogens is 266 g/mol. The second kappa shape index (κ2) is 4.10. The summed E-state index contributed by atoms with van der Waals surface area (Å²) >= 11 is 0. The van der Waals surface area contributed by atoms with Gasteiger partial charge in [-0.3, -0.25) is 9.59 Å². The van der Waals surface area contributed by atoms with Gasteiger partial charge in [0.25, 0.3) is 0 Å². The molecule has 1 N–H and O–H groups in total. The van der Waals surface area contributed by atoms with Gasteiger partial charge in [-0.15, -0.1) is 0 Å². The number of hydrogen-bond acceptors (Lipinski definition) is 2. The van der Waals surface area contributed by atoms with Gasteiger partial charge in [-0.05, 0) is 18.6 Å². The van der Waals surface area contributed by atoms with Crippen molar-refractivity contribution in [3.8, 4) is 0 Å². The standard InChI is InChI=1S/C16H17N3O2/c1-9-15-11(10-5-3-4-6-12(10)17-15)7-13-16(21)18(2)8-14(20)19(9)13/h3-6,9,13,17H,7-8H2,1-2H3/t9?,13-/m0/s1. The fourth-order valence-electron chi connectivity index (χ4n) is 3.71. The van der Waals surface area contributed by atoms with E-state index in [1.165, 1.54) is 10.5 Å². The van der Waals surface area contributed by atoms with E-state index >= 15 is 0 Å². The fraction of sp³-hybridized carbons (Fsp3) is 0.375. The SMILES string of the molecule is CC1c2[nH]c3ccccc3c2C[C@H]2C(=O)N(C)CC(=O)N12. The summed E-state index contributed by atoms with van der Waals surface area (Å²) in [4.78, 5) is 31.5. The van der Waals surface area contributed by atoms with Crippen molar-refractivity contribution in [2.75, 3.05) is 13.6 Å². The van der Waals surface area contributed by atoms with Crippen LogP contribution in [-0.2, 0) is 16.0 Å². The van der Waals surface area contributed by atoms with Gasteiger partial charge in [0.05, 0.1) is 12.6 Å². The van der Waals surface area contributed by atoms with Gasteiger partial charge in [0.15, 0.2) is 0 Å². The number of carbonyl (C=O) groups is 2. The van der Waals surface area contributed by atoms with E-state index in [4.69, 9.17) is 0 Å². The van der Waals surface area contributed by atoms with E-state index in [1.807, 2.05) is 25.1 Å². The number of para-hydroxylation sites is 1. The van der Waals surface area contributed by atoms with Crippen LogP contribution in [0.4, 0.5) is 0 Å². The Labute approximate surface area is 122 Å². The highest BCUT2D eigenvalue weighted by Crippen LogP contribution is 2.38. The summed E-state index contributed by atoms with van der Waals surface area (Å²) in [6.07, 6.45) is 0.596. The van der Waals surface area contributed by atoms with Gasteiger partial charge in [-0.1, -0.05) is 18.2 Å². The van der Waals surface area contributed by atoms with Crippen LogP contribution in [0.25, 0.3) is 10.9 Å². The minimum atomic E-state index is -0.363. The predicted octanol–water partition coefficient (Wildman–Crippen LogP) is 1.45. The number of hydrogen-bond donors (Lipinski definition) is 1. The zero-order valence-corrected chi connectivity index (χ0v) is 12.1. The van der Waals surface area contributed by atoms with Gasteiger partial charge in [0.2, 0.25) is 11.8 Å². The molecule has 4 rings (SSSR count). The second-order valence-electron chi connectivity index (χ2n) is 5.95. The molecule has 2 aromatic rings. The topological polar surface area (TPSA) is 56.4 Å². The Morgan fingerprint density at radius 2 is 2.00 bits per heavy atom. The van der Waals surface area contributed by atoms with Crippen molar-refractivity contribution in [1.82, 2.24) is 14.8 Å². The average molecular weight is 283 g/mol. The van der Waals surface area contributed by atoms with Gasteiger partial charge in [-0.2, -0.15) is 0 Å². The maximum absolute atomic E-state index is 12.4. The van der Waals surface area contributed by atoms with Crippen molar-refractivity contribution >= 4 is 22.7 Å². The van der Waals surface area contributed by atoms with Gasteiger partial charge >= 0.3 is 0 Å². The molecule has 2 aliphatic heterocycles. The maximum atomic E-state index is 12.4. The van der Waals surface area contributed by atoms with Crippen LogP contribution in [0, 0.1) is 0 Å². The molecule has 1 unspecified atom stereocenters. The van der Waals surface area contributed by atoms with Crippen LogP contribution in [0.3, 0.4) is 0 Å². The molecule has 3 heterocycles. The number of nitrogens with zero attached hydrogens (tertiary/aromatic N) is 2. The summed E-state index contributed by atoms with van der Waals surface area (Å²) in [5, 5.41) is 1.16. The van der Waals surface area contributed by atoms with Crippen LogP contribution in [0.15, 0.2) is 24.3 Å². The van der Waals surface area contributed by atoms with E-state index in [0.29, 0.717) is 6.42 Å². The Hall–Kier alpha value is -2.30. The summed E-state index contributed by atoms with van der Waals surface area (Å²) in [6.45, 7) is 2.17. The molecule has 0 bridgehead atoms. The molecule has 5 heteroatoms. The Balaban J connectivity index is 1.90. The van der Waals surface area contributed by atoms with Crippen LogP contribution < -0.4 is 0 Å². The normalized spacial score (nSPS) is 25.2. The number of likely N-dealkylation sites (N-methyl/N-ethyl adjacent to an activating group) is 1. The number of fused-ring (bicyclic) bond motifs is 4. The molecule has 0 saturated carbocycles. The number of aromatic amines is 1. The van der Waals surface area contributed by atoms with Crippen molar-refractivity contribution in [2.24, 2.45) is 0 Å². The summed E-state index contributed by atoms with van der Waals surface area (Å²) in [5.74, 6) is 0.0660. The first kappa shape index (κ1) is 12.4. The first-order chi connectivity index (χ1) is 10.1. The van der Waals surface area contributed by atoms with E-state index in [2.05, 4.69) is 11.1 Å². The van der Waals surface area contributed by atoms with E-state index < -0.39 is 0 Å². The largest absolute Gasteiger partial charge is 0.356 e. The Morgan fingerprint density at radius 1 is 1.24 bits per heavy atom. The molecule has 2 aliphatic rings. The summed E-state index contributed by atoms with van der Waals surface area (Å²) < 4.78 is 0. The minimum Gasteiger partial charge on any atom is -0.356 e. The third kappa shape index (κ3) is 1.57. The number of nitrogens with one attached hydrogen (secondary N) is 1. The molecule has 0 radical (unpaired) electrons. The van der Waals surface area contributed by atoms with E-state index in [-0.39, 0.29) is 30.4 Å². The number of carbonyl (C=O) groups excluding carboxylic acids is 2. The lowest BCUT2D eigenvalue weighted by atomic mass is 9.90. The van der Waals surface area contributed by atoms with Crippen molar-refractivity contribution in [3.63, 3.8) is 0 Å². The van der Waals surface area contributed by atoms with E-state index in [0.717, 1.165) is 16.6 Å². The predicted molar refractivity (Wildman–Crippen MR) is 78.7 cm³/mol. The van der Waals surface area contributed by atoms with Gasteiger partial charge in [-0.25, -0.2) is 0 Å². The minimum absolute atomic E-state index is 0.0268. The lowest BCUT2D eigenvalue weighted by molar-refractivity contribution is -0.157. The molecule has 5 nitrogen and oxygen atoms in total. The van der Waals surface area contributed by atoms with Crippen LogP contribution in [0.5, 0.6) is 0 Å². The number of amides is 2. The fourth-order valence-corrected chi connectivity index (χ4v) is 3.71. The monoisotopic (exact) mass is 283 g/mol. The number of H-pyrrole nitrogens is 1. The van der Waals surface area contributed by atoms with Gasteiger partial charge in [0.1, 0.15) is 6.04 Å². The smallest absolute Gasteiger partial charge is 0.245 e. The molecular formula is C16H17N3O2. The molecule has 108 valence electrons. The molecule has 1 aromatic carbocycles. The highest BCUT2D eigenvalue weighted by Gasteiger charge is 2.45. The molecule has 1 fully saturated rings. The van der Waals surface area contributed by atoms with Crippen LogP contribution >= 0.6 is 0 Å². The number of piperazine rings is 1. The van der Waals surface area contributed by atoms with Crippen molar-refractivity contribution in [3.05, 3.63) is 35.5 Å². The molecule has 2 amide bonds. The Bertz CT molecular complexity index is 764. The lowest BCUT2D eigenvalue weighted by Crippen LogP contribution is -2.61. The third-order valence-electron chi connectivity index (χ3n) is 4.74. The third-order valence-corrected chi connectivity index (χ3v) is 4.74. The molecule has 0 spiro atoms. The number of aromatic nitrogens is 1. The second-order valence-corrected chi connectivity index (χ2v) is 5.95. The number of benzene rings is 1. The highest BCUT2D eigenvalue weighted by atomic mass is 16.2. The molecule has 21 heavy (non-hydrogen) atoms. The molecule has 2 atom stereocenters. The summed E-state index contributed by atoms with van der Waals surface area (Å²) in [6, 6.07) is 7.66. The zero-order chi connectivity index (χ0) is 14.7. The van der Waals surface area contributed by atoms with Crippen LogP contribution in [0.2, 0.25) is 0 Å². The summed E-state index contributed by atoms with van der Waals surface area (Å²) in [5.41, 5.74) is 3.32. The Morgan fingerprint density at radius 3 is 2.81 bits per heavy atom. The number of rotatable bonds is 0. The van der Waals surface area contributed by atoms with Gasteiger partial charge < -0.3 is 14.8 Å².